The molecule has 25 heavy (non-hydrogen) atoms. The van der Waals surface area contributed by atoms with Crippen LogP contribution in [0.4, 0.5) is 11.4 Å². The van der Waals surface area contributed by atoms with Gasteiger partial charge >= 0.3 is 0 Å². The number of carbonyl (C=O) groups is 1. The van der Waals surface area contributed by atoms with Crippen LogP contribution in [0.15, 0.2) is 59.7 Å². The molecular weight excluding hydrogens is 320 g/mol. The quantitative estimate of drug-likeness (QED) is 0.460. The summed E-state index contributed by atoms with van der Waals surface area (Å²) < 4.78 is 0. The van der Waals surface area contributed by atoms with Gasteiger partial charge < -0.3 is 5.32 Å². The summed E-state index contributed by atoms with van der Waals surface area (Å²) in [4.78, 5) is 21.9. The van der Waals surface area contributed by atoms with Crippen molar-refractivity contribution in [2.24, 2.45) is 5.10 Å². The fraction of sp³-hybridized carbons (Fsp3) is 0.111. The van der Waals surface area contributed by atoms with E-state index in [1.54, 1.807) is 24.3 Å². The van der Waals surface area contributed by atoms with Crippen LogP contribution in [-0.2, 0) is 4.79 Å². The molecule has 0 aliphatic carbocycles. The Labute approximate surface area is 145 Å². The Morgan fingerprint density at radius 2 is 2.00 bits per heavy atom. The van der Waals surface area contributed by atoms with E-state index in [9.17, 15) is 14.9 Å². The molecule has 0 fully saturated rings. The fourth-order valence-corrected chi connectivity index (χ4v) is 1.94. The summed E-state index contributed by atoms with van der Waals surface area (Å²) in [6.45, 7) is 2.10. The smallest absolute Gasteiger partial charge is 0.270 e. The molecule has 7 heteroatoms. The number of amides is 1. The summed E-state index contributed by atoms with van der Waals surface area (Å²) in [6, 6.07) is 13.9. The number of hydrogen-bond acceptors (Lipinski definition) is 5. The van der Waals surface area contributed by atoms with Crippen molar-refractivity contribution in [3.8, 4) is 0 Å². The van der Waals surface area contributed by atoms with Crippen LogP contribution in [0.2, 0.25) is 0 Å². The molecule has 0 spiro atoms. The lowest BCUT2D eigenvalue weighted by Gasteiger charge is -2.05. The minimum Gasteiger partial charge on any atom is -0.376 e. The van der Waals surface area contributed by atoms with Gasteiger partial charge in [-0.2, -0.15) is 5.10 Å². The highest BCUT2D eigenvalue weighted by molar-refractivity contribution is 5.83. The lowest BCUT2D eigenvalue weighted by molar-refractivity contribution is -0.384. The minimum atomic E-state index is -0.452. The van der Waals surface area contributed by atoms with Gasteiger partial charge in [0.05, 0.1) is 11.5 Å². The van der Waals surface area contributed by atoms with Crippen LogP contribution in [-0.4, -0.2) is 23.6 Å². The van der Waals surface area contributed by atoms with Crippen molar-refractivity contribution in [2.75, 3.05) is 11.9 Å². The molecule has 0 atom stereocenters. The highest BCUT2D eigenvalue weighted by atomic mass is 16.6. The molecule has 0 saturated heterocycles. The summed E-state index contributed by atoms with van der Waals surface area (Å²) in [7, 11) is 0. The highest BCUT2D eigenvalue weighted by Crippen LogP contribution is 2.13. The molecule has 2 N–H and O–H groups in total. The van der Waals surface area contributed by atoms with Crippen LogP contribution < -0.4 is 10.7 Å². The molecule has 2 rings (SSSR count). The third-order valence-corrected chi connectivity index (χ3v) is 3.22. The van der Waals surface area contributed by atoms with E-state index in [0.717, 1.165) is 11.3 Å². The second kappa shape index (κ2) is 8.97. The monoisotopic (exact) mass is 338 g/mol. The SMILES string of the molecule is Cc1ccc(NCC(=O)NN=CC=Cc2cccc([N+](=O)[O-])c2)cc1. The molecule has 0 heterocycles. The van der Waals surface area contributed by atoms with Gasteiger partial charge in [0.15, 0.2) is 0 Å². The second-order valence-corrected chi connectivity index (χ2v) is 5.24. The number of nitro groups is 1. The predicted octanol–water partition coefficient (Wildman–Crippen LogP) is 3.13. The van der Waals surface area contributed by atoms with Gasteiger partial charge in [0.2, 0.25) is 0 Å². The molecule has 0 unspecified atom stereocenters. The van der Waals surface area contributed by atoms with Crippen molar-refractivity contribution < 1.29 is 9.72 Å². The maximum atomic E-state index is 11.6. The van der Waals surface area contributed by atoms with E-state index in [4.69, 9.17) is 0 Å². The largest absolute Gasteiger partial charge is 0.376 e. The molecule has 0 aliphatic rings. The van der Waals surface area contributed by atoms with Crippen molar-refractivity contribution in [1.82, 2.24) is 5.43 Å². The zero-order chi connectivity index (χ0) is 18.1. The maximum Gasteiger partial charge on any atom is 0.270 e. The topological polar surface area (TPSA) is 96.6 Å². The van der Waals surface area contributed by atoms with Gasteiger partial charge in [0.25, 0.3) is 11.6 Å². The van der Waals surface area contributed by atoms with E-state index in [0.29, 0.717) is 5.56 Å². The minimum absolute atomic E-state index is 0.0228. The standard InChI is InChI=1S/C18H18N4O3/c1-14-7-9-16(10-8-14)19-13-18(23)21-20-11-3-5-15-4-2-6-17(12-15)22(24)25/h2-12,19H,13H2,1H3,(H,21,23). The van der Waals surface area contributed by atoms with Crippen LogP contribution in [0.25, 0.3) is 6.08 Å². The van der Waals surface area contributed by atoms with E-state index in [1.165, 1.54) is 18.3 Å². The van der Waals surface area contributed by atoms with E-state index < -0.39 is 4.92 Å². The predicted molar refractivity (Wildman–Crippen MR) is 98.4 cm³/mol. The van der Waals surface area contributed by atoms with Gasteiger partial charge in [-0.1, -0.05) is 35.9 Å². The fourth-order valence-electron chi connectivity index (χ4n) is 1.94. The van der Waals surface area contributed by atoms with E-state index in [1.807, 2.05) is 31.2 Å². The first kappa shape index (κ1) is 17.9. The first-order valence-corrected chi connectivity index (χ1v) is 7.58. The molecule has 0 aliphatic heterocycles. The number of hydrazone groups is 1. The number of rotatable bonds is 7. The first-order chi connectivity index (χ1) is 12.0. The van der Waals surface area contributed by atoms with Gasteiger partial charge in [-0.15, -0.1) is 0 Å². The molecule has 1 amide bonds. The highest BCUT2D eigenvalue weighted by Gasteiger charge is 2.03. The van der Waals surface area contributed by atoms with E-state index in [-0.39, 0.29) is 18.1 Å². The maximum absolute atomic E-state index is 11.6. The number of carbonyl (C=O) groups excluding carboxylic acids is 1. The summed E-state index contributed by atoms with van der Waals surface area (Å²) in [5.41, 5.74) is 5.09. The first-order valence-electron chi connectivity index (χ1n) is 7.58. The number of nitrogens with zero attached hydrogens (tertiary/aromatic N) is 2. The number of anilines is 1. The van der Waals surface area contributed by atoms with Crippen molar-refractivity contribution >= 4 is 29.6 Å². The summed E-state index contributed by atoms with van der Waals surface area (Å²) in [6.07, 6.45) is 4.66. The molecule has 2 aromatic rings. The second-order valence-electron chi connectivity index (χ2n) is 5.24. The van der Waals surface area contributed by atoms with Crippen molar-refractivity contribution in [1.29, 1.82) is 0 Å². The molecule has 0 aromatic heterocycles. The van der Waals surface area contributed by atoms with Gasteiger partial charge in [0.1, 0.15) is 0 Å². The van der Waals surface area contributed by atoms with Crippen LogP contribution >= 0.6 is 0 Å². The number of hydrogen-bond donors (Lipinski definition) is 2. The number of non-ortho nitro benzene ring substituents is 1. The van der Waals surface area contributed by atoms with Crippen molar-refractivity contribution in [3.05, 3.63) is 75.8 Å². The van der Waals surface area contributed by atoms with Crippen LogP contribution in [0.3, 0.4) is 0 Å². The van der Waals surface area contributed by atoms with E-state index >= 15 is 0 Å². The zero-order valence-electron chi connectivity index (χ0n) is 13.7. The average Bonchev–Trinajstić information content (AvgIpc) is 2.61. The van der Waals surface area contributed by atoms with Gasteiger partial charge in [-0.25, -0.2) is 5.43 Å². The average molecular weight is 338 g/mol. The number of aryl methyl sites for hydroxylation is 1. The summed E-state index contributed by atoms with van der Waals surface area (Å²) in [5.74, 6) is -0.277. The number of nitro benzene ring substituents is 1. The third-order valence-electron chi connectivity index (χ3n) is 3.22. The van der Waals surface area contributed by atoms with Crippen molar-refractivity contribution in [2.45, 2.75) is 6.92 Å². The van der Waals surface area contributed by atoms with E-state index in [2.05, 4.69) is 15.8 Å². The Balaban J connectivity index is 1.76. The third kappa shape index (κ3) is 6.26. The Kier molecular flexibility index (Phi) is 6.41. The number of benzene rings is 2. The summed E-state index contributed by atoms with van der Waals surface area (Å²) >= 11 is 0. The molecule has 7 nitrogen and oxygen atoms in total. The summed E-state index contributed by atoms with van der Waals surface area (Å²) in [5, 5.41) is 17.5. The molecule has 0 saturated carbocycles. The number of allylic oxidation sites excluding steroid dienone is 1. The molecular formula is C18H18N4O3. The molecule has 128 valence electrons. The molecule has 2 aromatic carbocycles. The van der Waals surface area contributed by atoms with Crippen LogP contribution in [0, 0.1) is 17.0 Å². The lowest BCUT2D eigenvalue weighted by atomic mass is 10.2. The molecule has 0 radical (unpaired) electrons. The normalized spacial score (nSPS) is 10.9. The van der Waals surface area contributed by atoms with Crippen molar-refractivity contribution in [3.63, 3.8) is 0 Å². The van der Waals surface area contributed by atoms with Gasteiger partial charge in [-0.05, 0) is 30.7 Å². The molecule has 0 bridgehead atoms. The Bertz CT molecular complexity index is 798. The zero-order valence-corrected chi connectivity index (χ0v) is 13.7. The van der Waals surface area contributed by atoms with Gasteiger partial charge in [0, 0.05) is 24.0 Å². The Morgan fingerprint density at radius 1 is 1.24 bits per heavy atom. The lowest BCUT2D eigenvalue weighted by Crippen LogP contribution is -2.25. The Morgan fingerprint density at radius 3 is 2.72 bits per heavy atom. The van der Waals surface area contributed by atoms with Crippen LogP contribution in [0.1, 0.15) is 11.1 Å². The van der Waals surface area contributed by atoms with Crippen LogP contribution in [0.5, 0.6) is 0 Å². The Hall–Kier alpha value is -3.48. The number of nitrogens with one attached hydrogen (secondary N) is 2. The van der Waals surface area contributed by atoms with Gasteiger partial charge in [-0.3, -0.25) is 14.9 Å².